The molecule has 0 aromatic heterocycles. The first kappa shape index (κ1) is 6.45. The molecule has 0 aliphatic heterocycles. The summed E-state index contributed by atoms with van der Waals surface area (Å²) in [6, 6.07) is 6.43. The molecule has 0 spiro atoms. The Morgan fingerprint density at radius 2 is 2.11 bits per heavy atom. The van der Waals surface area contributed by atoms with Crippen molar-refractivity contribution in [1.29, 1.82) is 0 Å². The lowest BCUT2D eigenvalue weighted by Gasteiger charge is -1.92. The molecule has 48 valence electrons. The third-order valence-electron chi connectivity index (χ3n) is 0.923. The van der Waals surface area contributed by atoms with Gasteiger partial charge in [0.1, 0.15) is 5.75 Å². The third kappa shape index (κ3) is 1.62. The molecule has 1 rings (SSSR count). The van der Waals surface area contributed by atoms with Crippen molar-refractivity contribution in [2.24, 2.45) is 0 Å². The first-order chi connectivity index (χ1) is 4.33. The van der Waals surface area contributed by atoms with Crippen LogP contribution in [0.3, 0.4) is 0 Å². The van der Waals surface area contributed by atoms with Crippen LogP contribution in [0.15, 0.2) is 29.2 Å². The smallest absolute Gasteiger partial charge is 0.116 e. The van der Waals surface area contributed by atoms with E-state index in [1.165, 1.54) is 6.07 Å². The third-order valence-corrected chi connectivity index (χ3v) is 1.39. The van der Waals surface area contributed by atoms with Crippen molar-refractivity contribution in [2.75, 3.05) is 0 Å². The lowest BCUT2D eigenvalue weighted by atomic mass is 10.3. The molecule has 0 atom stereocenters. The van der Waals surface area contributed by atoms with Gasteiger partial charge in [0, 0.05) is 16.9 Å². The van der Waals surface area contributed by atoms with E-state index < -0.39 is 0 Å². The summed E-state index contributed by atoms with van der Waals surface area (Å²) >= 11 is 0.623. The van der Waals surface area contributed by atoms with E-state index in [0.717, 1.165) is 0 Å². The van der Waals surface area contributed by atoms with E-state index in [2.05, 4.69) is 0 Å². The largest absolute Gasteiger partial charge is 0.508 e. The van der Waals surface area contributed by atoms with Crippen molar-refractivity contribution >= 4 is 12.0 Å². The monoisotopic (exact) mass is 142 g/mol. The number of rotatable bonds is 1. The van der Waals surface area contributed by atoms with Gasteiger partial charge in [0.05, 0.1) is 0 Å². The number of benzene rings is 1. The van der Waals surface area contributed by atoms with Crippen LogP contribution in [0.25, 0.3) is 0 Å². The quantitative estimate of drug-likeness (QED) is 0.589. The molecule has 0 aliphatic rings. The zero-order chi connectivity index (χ0) is 6.69. The van der Waals surface area contributed by atoms with Crippen LogP contribution in [0.2, 0.25) is 0 Å². The normalized spacial score (nSPS) is 9.44. The molecule has 0 fully saturated rings. The average molecular weight is 142 g/mol. The van der Waals surface area contributed by atoms with Crippen LogP contribution < -0.4 is 0 Å². The Labute approximate surface area is 57.4 Å². The van der Waals surface area contributed by atoms with Gasteiger partial charge in [-0.3, -0.25) is 0 Å². The van der Waals surface area contributed by atoms with Gasteiger partial charge in [0.15, 0.2) is 0 Å². The van der Waals surface area contributed by atoms with Crippen LogP contribution >= 0.6 is 12.0 Å². The SMILES string of the molecule is OSc1cccc(O)c1. The highest BCUT2D eigenvalue weighted by atomic mass is 32.2. The molecule has 2 N–H and O–H groups in total. The Balaban J connectivity index is 2.94. The van der Waals surface area contributed by atoms with E-state index in [0.29, 0.717) is 16.9 Å². The van der Waals surface area contributed by atoms with E-state index in [9.17, 15) is 0 Å². The molecule has 0 unspecified atom stereocenters. The van der Waals surface area contributed by atoms with E-state index in [1.54, 1.807) is 18.2 Å². The van der Waals surface area contributed by atoms with Crippen molar-refractivity contribution in [3.05, 3.63) is 24.3 Å². The summed E-state index contributed by atoms with van der Waals surface area (Å²) in [7, 11) is 0. The van der Waals surface area contributed by atoms with Crippen molar-refractivity contribution in [2.45, 2.75) is 4.90 Å². The molecule has 3 heteroatoms. The Hall–Kier alpha value is -0.670. The molecular formula is C6H6O2S. The predicted molar refractivity (Wildman–Crippen MR) is 36.6 cm³/mol. The van der Waals surface area contributed by atoms with Gasteiger partial charge in [-0.25, -0.2) is 0 Å². The van der Waals surface area contributed by atoms with Crippen LogP contribution in [0.4, 0.5) is 0 Å². The van der Waals surface area contributed by atoms with Gasteiger partial charge in [-0.15, -0.1) is 0 Å². The van der Waals surface area contributed by atoms with Gasteiger partial charge < -0.3 is 9.66 Å². The summed E-state index contributed by atoms with van der Waals surface area (Å²) < 4.78 is 8.47. The second-order valence-corrected chi connectivity index (χ2v) is 2.24. The first-order valence-corrected chi connectivity index (χ1v) is 3.21. The minimum absolute atomic E-state index is 0.175. The maximum atomic E-state index is 8.82. The van der Waals surface area contributed by atoms with E-state index in [-0.39, 0.29) is 5.75 Å². The molecule has 9 heavy (non-hydrogen) atoms. The van der Waals surface area contributed by atoms with Crippen LogP contribution in [0.5, 0.6) is 5.75 Å². The fourth-order valence-corrected chi connectivity index (χ4v) is 0.853. The Morgan fingerprint density at radius 3 is 2.56 bits per heavy atom. The highest BCUT2D eigenvalue weighted by Gasteiger charge is 1.90. The number of phenolic OH excluding ortho intramolecular Hbond substituents is 1. The average Bonchev–Trinajstić information content (AvgIpc) is 1.88. The van der Waals surface area contributed by atoms with Crippen LogP contribution in [-0.2, 0) is 0 Å². The van der Waals surface area contributed by atoms with Crippen molar-refractivity contribution < 1.29 is 9.66 Å². The highest BCUT2D eigenvalue weighted by molar-refractivity contribution is 7.93. The van der Waals surface area contributed by atoms with E-state index in [1.807, 2.05) is 0 Å². The number of phenols is 1. The van der Waals surface area contributed by atoms with Crippen LogP contribution in [-0.4, -0.2) is 9.66 Å². The van der Waals surface area contributed by atoms with Gasteiger partial charge >= 0.3 is 0 Å². The van der Waals surface area contributed by atoms with Gasteiger partial charge in [-0.2, -0.15) is 0 Å². The molecule has 0 radical (unpaired) electrons. The van der Waals surface area contributed by atoms with Gasteiger partial charge in [-0.05, 0) is 18.2 Å². The van der Waals surface area contributed by atoms with Gasteiger partial charge in [0.25, 0.3) is 0 Å². The molecule has 0 saturated carbocycles. The summed E-state index contributed by atoms with van der Waals surface area (Å²) in [5.41, 5.74) is 0. The number of aromatic hydroxyl groups is 1. The number of hydrogen-bond acceptors (Lipinski definition) is 3. The molecule has 2 nitrogen and oxygen atoms in total. The Morgan fingerprint density at radius 1 is 1.33 bits per heavy atom. The molecule has 1 aromatic rings. The van der Waals surface area contributed by atoms with E-state index >= 15 is 0 Å². The summed E-state index contributed by atoms with van der Waals surface area (Å²) in [4.78, 5) is 0.648. The summed E-state index contributed by atoms with van der Waals surface area (Å²) in [6.45, 7) is 0. The molecular weight excluding hydrogens is 136 g/mol. The molecule has 1 aromatic carbocycles. The lowest BCUT2D eigenvalue weighted by molar-refractivity contribution is 0.473. The van der Waals surface area contributed by atoms with Crippen molar-refractivity contribution in [3.8, 4) is 5.75 Å². The summed E-state index contributed by atoms with van der Waals surface area (Å²) in [5, 5.41) is 8.82. The molecule has 0 aliphatic carbocycles. The second kappa shape index (κ2) is 2.75. The van der Waals surface area contributed by atoms with Crippen molar-refractivity contribution in [1.82, 2.24) is 0 Å². The summed E-state index contributed by atoms with van der Waals surface area (Å²) in [6.07, 6.45) is 0. The van der Waals surface area contributed by atoms with Gasteiger partial charge in [-0.1, -0.05) is 6.07 Å². The minimum Gasteiger partial charge on any atom is -0.508 e. The molecule has 0 bridgehead atoms. The van der Waals surface area contributed by atoms with E-state index in [4.69, 9.17) is 9.66 Å². The first-order valence-electron chi connectivity index (χ1n) is 2.43. The number of hydrogen-bond donors (Lipinski definition) is 2. The fraction of sp³-hybridized carbons (Fsp3) is 0. The Bertz CT molecular complexity index is 200. The molecule has 0 amide bonds. The lowest BCUT2D eigenvalue weighted by Crippen LogP contribution is -1.67. The maximum Gasteiger partial charge on any atom is 0.116 e. The zero-order valence-corrected chi connectivity index (χ0v) is 5.43. The molecule has 0 saturated heterocycles. The minimum atomic E-state index is 0.175. The van der Waals surface area contributed by atoms with Gasteiger partial charge in [0.2, 0.25) is 0 Å². The zero-order valence-electron chi connectivity index (χ0n) is 4.61. The van der Waals surface area contributed by atoms with Crippen LogP contribution in [0, 0.1) is 0 Å². The second-order valence-electron chi connectivity index (χ2n) is 1.59. The summed E-state index contributed by atoms with van der Waals surface area (Å²) in [5.74, 6) is 0.175. The highest BCUT2D eigenvalue weighted by Crippen LogP contribution is 2.18. The topological polar surface area (TPSA) is 40.5 Å². The Kier molecular flexibility index (Phi) is 1.97. The standard InChI is InChI=1S/C6H6O2S/c7-5-2-1-3-6(4-5)9-8/h1-4,7-8H. The van der Waals surface area contributed by atoms with Crippen LogP contribution in [0.1, 0.15) is 0 Å². The molecule has 0 heterocycles. The van der Waals surface area contributed by atoms with Crippen molar-refractivity contribution in [3.63, 3.8) is 0 Å². The fourth-order valence-electron chi connectivity index (χ4n) is 0.540. The predicted octanol–water partition coefficient (Wildman–Crippen LogP) is 1.96. The maximum absolute atomic E-state index is 8.82.